The van der Waals surface area contributed by atoms with Gasteiger partial charge in [0.2, 0.25) is 5.91 Å². The lowest BCUT2D eigenvalue weighted by molar-refractivity contribution is -0.138. The molecule has 1 atom stereocenters. The molecule has 0 aromatic heterocycles. The van der Waals surface area contributed by atoms with E-state index in [1.807, 2.05) is 6.07 Å². The minimum absolute atomic E-state index is 0.0163. The molecule has 160 valence electrons. The van der Waals surface area contributed by atoms with Crippen molar-refractivity contribution in [3.8, 4) is 6.07 Å². The lowest BCUT2D eigenvalue weighted by Gasteiger charge is -2.38. The van der Waals surface area contributed by atoms with Crippen molar-refractivity contribution in [2.45, 2.75) is 11.6 Å². The normalized spacial score (nSPS) is 22.0. The number of carbonyl (C=O) groups is 2. The summed E-state index contributed by atoms with van der Waals surface area (Å²) in [6.45, 7) is -0.318. The fraction of sp³-hybridized carbons (Fsp3) is 0.136. The predicted molar refractivity (Wildman–Crippen MR) is 105 cm³/mol. The molecule has 10 heteroatoms. The van der Waals surface area contributed by atoms with Crippen molar-refractivity contribution in [2.75, 3.05) is 16.8 Å². The van der Waals surface area contributed by atoms with E-state index in [0.29, 0.717) is 11.3 Å². The van der Waals surface area contributed by atoms with Gasteiger partial charge in [0.1, 0.15) is 23.9 Å². The average molecular weight is 438 g/mol. The Hall–Kier alpha value is -4.26. The van der Waals surface area contributed by atoms with Gasteiger partial charge in [0.25, 0.3) is 0 Å². The maximum atomic E-state index is 13.3. The van der Waals surface area contributed by atoms with Crippen LogP contribution >= 0.6 is 0 Å². The number of nitrogens with zero attached hydrogens (tertiary/aromatic N) is 2. The second-order valence-corrected chi connectivity index (χ2v) is 7.40. The third-order valence-electron chi connectivity index (χ3n) is 5.81. The number of carbonyl (C=O) groups excluding carboxylic acids is 2. The van der Waals surface area contributed by atoms with Gasteiger partial charge in [-0.05, 0) is 24.3 Å². The van der Waals surface area contributed by atoms with Crippen LogP contribution in [0.15, 0.2) is 71.2 Å². The molecule has 2 aromatic carbocycles. The average Bonchev–Trinajstić information content (AvgIpc) is 3.26. The summed E-state index contributed by atoms with van der Waals surface area (Å²) in [4.78, 5) is 27.3. The van der Waals surface area contributed by atoms with Gasteiger partial charge in [0.15, 0.2) is 0 Å². The van der Waals surface area contributed by atoms with Gasteiger partial charge in [0, 0.05) is 16.9 Å². The molecule has 7 nitrogen and oxygen atoms in total. The Morgan fingerprint density at radius 2 is 1.91 bits per heavy atom. The van der Waals surface area contributed by atoms with E-state index in [1.54, 1.807) is 24.3 Å². The van der Waals surface area contributed by atoms with E-state index in [2.05, 4.69) is 5.32 Å². The number of esters is 1. The number of benzene rings is 2. The van der Waals surface area contributed by atoms with Crippen LogP contribution in [0.4, 0.5) is 24.5 Å². The van der Waals surface area contributed by atoms with Crippen LogP contribution in [0.25, 0.3) is 0 Å². The molecule has 32 heavy (non-hydrogen) atoms. The number of alkyl halides is 3. The molecule has 3 aliphatic heterocycles. The van der Waals surface area contributed by atoms with Crippen LogP contribution in [0.3, 0.4) is 0 Å². The molecular weight excluding hydrogens is 425 g/mol. The van der Waals surface area contributed by atoms with Crippen molar-refractivity contribution in [1.82, 2.24) is 0 Å². The van der Waals surface area contributed by atoms with E-state index in [9.17, 15) is 28.0 Å². The monoisotopic (exact) mass is 438 g/mol. The highest BCUT2D eigenvalue weighted by Crippen LogP contribution is 2.54. The van der Waals surface area contributed by atoms with E-state index in [-0.39, 0.29) is 35.0 Å². The molecule has 0 bridgehead atoms. The molecule has 0 fully saturated rings. The number of rotatable bonds is 1. The van der Waals surface area contributed by atoms with Gasteiger partial charge in [-0.2, -0.15) is 18.4 Å². The Kier molecular flexibility index (Phi) is 3.92. The number of cyclic esters (lactones) is 1. The van der Waals surface area contributed by atoms with Crippen LogP contribution in [0.2, 0.25) is 0 Å². The zero-order chi connectivity index (χ0) is 22.8. The molecule has 3 aliphatic rings. The Morgan fingerprint density at radius 3 is 2.62 bits per heavy atom. The van der Waals surface area contributed by atoms with Crippen molar-refractivity contribution < 1.29 is 27.5 Å². The molecule has 3 N–H and O–H groups in total. The molecule has 0 aliphatic carbocycles. The molecule has 0 unspecified atom stereocenters. The first-order valence-corrected chi connectivity index (χ1v) is 9.40. The molecule has 1 spiro atoms. The highest BCUT2D eigenvalue weighted by atomic mass is 19.4. The number of anilines is 2. The first-order chi connectivity index (χ1) is 15.2. The molecule has 5 rings (SSSR count). The quantitative estimate of drug-likeness (QED) is 0.663. The Balaban J connectivity index is 1.82. The van der Waals surface area contributed by atoms with Gasteiger partial charge in [-0.25, -0.2) is 4.79 Å². The zero-order valence-electron chi connectivity index (χ0n) is 16.2. The summed E-state index contributed by atoms with van der Waals surface area (Å²) in [7, 11) is 0. The number of hydrogen-bond donors (Lipinski definition) is 2. The van der Waals surface area contributed by atoms with E-state index in [4.69, 9.17) is 10.5 Å². The van der Waals surface area contributed by atoms with Crippen molar-refractivity contribution in [3.05, 3.63) is 82.3 Å². The van der Waals surface area contributed by atoms with Gasteiger partial charge in [-0.3, -0.25) is 9.69 Å². The van der Waals surface area contributed by atoms with Crippen molar-refractivity contribution >= 4 is 23.3 Å². The Morgan fingerprint density at radius 1 is 1.16 bits per heavy atom. The highest BCUT2D eigenvalue weighted by Gasteiger charge is 2.62. The van der Waals surface area contributed by atoms with Crippen LogP contribution in [0.5, 0.6) is 0 Å². The van der Waals surface area contributed by atoms with Crippen LogP contribution < -0.4 is 16.0 Å². The van der Waals surface area contributed by atoms with E-state index >= 15 is 0 Å². The zero-order valence-corrected chi connectivity index (χ0v) is 16.2. The standard InChI is InChI=1S/C22H13F3N4O3/c23-22(24,25)11-4-3-5-12(8-11)29-16-10-32-19(30)17(16)21(14(9-26)18(29)27)13-6-1-2-7-15(13)28-20(21)31/h1-8H,10,27H2,(H,28,31)/t21-/m1/s1. The Labute approximate surface area is 179 Å². The van der Waals surface area contributed by atoms with Crippen molar-refractivity contribution in [1.29, 1.82) is 5.26 Å². The third kappa shape index (κ3) is 2.36. The number of amides is 1. The van der Waals surface area contributed by atoms with Gasteiger partial charge in [-0.1, -0.05) is 24.3 Å². The number of halogens is 3. The van der Waals surface area contributed by atoms with Crippen LogP contribution in [0.1, 0.15) is 11.1 Å². The molecule has 2 aromatic rings. The maximum absolute atomic E-state index is 13.3. The number of hydrogen-bond acceptors (Lipinski definition) is 6. The first kappa shape index (κ1) is 19.7. The van der Waals surface area contributed by atoms with E-state index in [0.717, 1.165) is 12.1 Å². The molecule has 3 heterocycles. The number of para-hydroxylation sites is 1. The molecular formula is C22H13F3N4O3. The fourth-order valence-corrected chi connectivity index (χ4v) is 4.53. The van der Waals surface area contributed by atoms with Crippen molar-refractivity contribution in [2.24, 2.45) is 5.73 Å². The predicted octanol–water partition coefficient (Wildman–Crippen LogP) is 2.92. The van der Waals surface area contributed by atoms with Gasteiger partial charge in [0.05, 0.1) is 22.4 Å². The summed E-state index contributed by atoms with van der Waals surface area (Å²) < 4.78 is 45.1. The van der Waals surface area contributed by atoms with E-state index < -0.39 is 29.0 Å². The molecule has 0 saturated heterocycles. The second-order valence-electron chi connectivity index (χ2n) is 7.40. The minimum atomic E-state index is -4.62. The fourth-order valence-electron chi connectivity index (χ4n) is 4.53. The largest absolute Gasteiger partial charge is 0.456 e. The Bertz CT molecular complexity index is 1320. The SMILES string of the molecule is N#CC1=C(N)N(c2cccc(C(F)(F)F)c2)C2=C(C(=O)OC2)[C@]12C(=O)Nc1ccccc12. The van der Waals surface area contributed by atoms with Gasteiger partial charge in [-0.15, -0.1) is 0 Å². The number of nitrogens with one attached hydrogen (secondary N) is 1. The van der Waals surface area contributed by atoms with Crippen LogP contribution in [-0.2, 0) is 25.9 Å². The van der Waals surface area contributed by atoms with Crippen molar-refractivity contribution in [3.63, 3.8) is 0 Å². The van der Waals surface area contributed by atoms with Gasteiger partial charge >= 0.3 is 12.1 Å². The summed E-state index contributed by atoms with van der Waals surface area (Å²) in [5, 5.41) is 12.7. The van der Waals surface area contributed by atoms with Crippen LogP contribution in [0, 0.1) is 11.3 Å². The maximum Gasteiger partial charge on any atom is 0.416 e. The number of nitriles is 1. The highest BCUT2D eigenvalue weighted by molar-refractivity contribution is 6.18. The summed E-state index contributed by atoms with van der Waals surface area (Å²) in [5.74, 6) is -1.76. The minimum Gasteiger partial charge on any atom is -0.456 e. The molecule has 1 amide bonds. The first-order valence-electron chi connectivity index (χ1n) is 9.40. The lowest BCUT2D eigenvalue weighted by atomic mass is 9.67. The molecule has 0 radical (unpaired) electrons. The smallest absolute Gasteiger partial charge is 0.416 e. The summed E-state index contributed by atoms with van der Waals surface area (Å²) in [5.41, 5.74) is 3.97. The van der Waals surface area contributed by atoms with Gasteiger partial charge < -0.3 is 15.8 Å². The van der Waals surface area contributed by atoms with Crippen LogP contribution in [-0.4, -0.2) is 18.5 Å². The topological polar surface area (TPSA) is 108 Å². The second kappa shape index (κ2) is 6.37. The summed E-state index contributed by atoms with van der Waals surface area (Å²) in [6, 6.07) is 12.8. The summed E-state index contributed by atoms with van der Waals surface area (Å²) in [6.07, 6.45) is -4.62. The lowest BCUT2D eigenvalue weighted by Crippen LogP contribution is -2.48. The summed E-state index contributed by atoms with van der Waals surface area (Å²) >= 11 is 0. The number of fused-ring (bicyclic) bond motifs is 3. The molecule has 0 saturated carbocycles. The van der Waals surface area contributed by atoms with E-state index in [1.165, 1.54) is 17.0 Å². The number of nitrogens with two attached hydrogens (primary N) is 1. The number of ether oxygens (including phenoxy) is 1. The third-order valence-corrected chi connectivity index (χ3v) is 5.81.